The van der Waals surface area contributed by atoms with E-state index < -0.39 is 11.8 Å². The molecule has 0 N–H and O–H groups in total. The number of imide groups is 1. The highest BCUT2D eigenvalue weighted by Gasteiger charge is 2.37. The maximum atomic E-state index is 13.8. The van der Waals surface area contributed by atoms with Crippen molar-refractivity contribution in [3.8, 4) is 28.8 Å². The summed E-state index contributed by atoms with van der Waals surface area (Å²) in [7, 11) is 0. The third-order valence-corrected chi connectivity index (χ3v) is 7.34. The molecule has 8 nitrogen and oxygen atoms in total. The van der Waals surface area contributed by atoms with Crippen LogP contribution in [0.15, 0.2) is 71.4 Å². The molecule has 2 aliphatic heterocycles. The minimum absolute atomic E-state index is 0.0336. The molecule has 0 radical (unpaired) electrons. The molecule has 0 spiro atoms. The van der Waals surface area contributed by atoms with Crippen molar-refractivity contribution >= 4 is 17.9 Å². The van der Waals surface area contributed by atoms with Crippen LogP contribution in [-0.4, -0.2) is 52.4 Å². The predicted molar refractivity (Wildman–Crippen MR) is 156 cm³/mol. The molecule has 2 aromatic carbocycles. The maximum absolute atomic E-state index is 13.8. The molecule has 3 heterocycles. The number of ether oxygens (including phenoxy) is 2. The van der Waals surface area contributed by atoms with Gasteiger partial charge in [-0.05, 0) is 80.2 Å². The Balaban J connectivity index is 1.61. The fraction of sp³-hybridized carbons (Fsp3) is 0.333. The van der Waals surface area contributed by atoms with Crippen molar-refractivity contribution in [1.82, 2.24) is 14.7 Å². The van der Waals surface area contributed by atoms with E-state index in [-0.39, 0.29) is 18.2 Å². The van der Waals surface area contributed by atoms with Gasteiger partial charge in [0.2, 0.25) is 0 Å². The average molecular weight is 551 g/mol. The van der Waals surface area contributed by atoms with E-state index in [2.05, 4.69) is 13.8 Å². The van der Waals surface area contributed by atoms with Crippen LogP contribution in [0.1, 0.15) is 44.7 Å². The van der Waals surface area contributed by atoms with Gasteiger partial charge in [0.25, 0.3) is 11.8 Å². The zero-order valence-electron chi connectivity index (χ0n) is 23.9. The molecule has 0 aliphatic carbocycles. The number of para-hydroxylation sites is 1. The van der Waals surface area contributed by atoms with Crippen LogP contribution in [0, 0.1) is 24.2 Å². The monoisotopic (exact) mass is 550 g/mol. The van der Waals surface area contributed by atoms with Gasteiger partial charge in [0.1, 0.15) is 23.1 Å². The summed E-state index contributed by atoms with van der Waals surface area (Å²) in [6.45, 7) is 9.21. The first-order valence-electron chi connectivity index (χ1n) is 14.0. The first-order valence-corrected chi connectivity index (χ1v) is 14.0. The molecule has 1 aromatic heterocycles. The number of hydrogen-bond donors (Lipinski definition) is 0. The van der Waals surface area contributed by atoms with Gasteiger partial charge in [0, 0.05) is 29.5 Å². The van der Waals surface area contributed by atoms with Gasteiger partial charge in [0.15, 0.2) is 0 Å². The molecule has 1 saturated heterocycles. The fourth-order valence-electron chi connectivity index (χ4n) is 5.11. The van der Waals surface area contributed by atoms with Gasteiger partial charge in [-0.1, -0.05) is 32.0 Å². The Morgan fingerprint density at radius 2 is 1.93 bits per heavy atom. The van der Waals surface area contributed by atoms with Crippen molar-refractivity contribution < 1.29 is 19.1 Å². The van der Waals surface area contributed by atoms with Crippen molar-refractivity contribution in [2.24, 2.45) is 5.92 Å². The van der Waals surface area contributed by atoms with Crippen LogP contribution in [0.4, 0.5) is 0 Å². The van der Waals surface area contributed by atoms with Gasteiger partial charge >= 0.3 is 0 Å². The van der Waals surface area contributed by atoms with Crippen LogP contribution in [0.3, 0.4) is 0 Å². The summed E-state index contributed by atoms with van der Waals surface area (Å²) in [5.41, 5.74) is 4.72. The van der Waals surface area contributed by atoms with Crippen molar-refractivity contribution in [2.75, 3.05) is 19.8 Å². The van der Waals surface area contributed by atoms with E-state index in [0.29, 0.717) is 41.5 Å². The highest BCUT2D eigenvalue weighted by atomic mass is 16.5. The van der Waals surface area contributed by atoms with E-state index in [1.54, 1.807) is 17.7 Å². The molecule has 2 amide bonds. The van der Waals surface area contributed by atoms with Crippen molar-refractivity contribution in [3.63, 3.8) is 0 Å². The molecule has 8 heteroatoms. The largest absolute Gasteiger partial charge is 0.493 e. The summed E-state index contributed by atoms with van der Waals surface area (Å²) in [4.78, 5) is 28.0. The third kappa shape index (κ3) is 5.86. The van der Waals surface area contributed by atoms with Gasteiger partial charge < -0.3 is 9.47 Å². The molecular formula is C33H34N4O4. The number of carbonyl (C=O) groups excluding carboxylic acids is 2. The number of nitriles is 1. The van der Waals surface area contributed by atoms with Crippen molar-refractivity contribution in [2.45, 2.75) is 46.6 Å². The van der Waals surface area contributed by atoms with Gasteiger partial charge in [-0.15, -0.1) is 0 Å². The lowest BCUT2D eigenvalue weighted by Gasteiger charge is -2.29. The molecule has 1 fully saturated rings. The second-order valence-corrected chi connectivity index (χ2v) is 10.9. The number of carbonyl (C=O) groups is 2. The normalized spacial score (nSPS) is 18.5. The summed E-state index contributed by atoms with van der Waals surface area (Å²) in [6, 6.07) is 17.6. The Labute approximate surface area is 240 Å². The quantitative estimate of drug-likeness (QED) is 0.265. The molecule has 1 atom stereocenters. The first-order chi connectivity index (χ1) is 19.8. The van der Waals surface area contributed by atoms with E-state index in [1.807, 2.05) is 67.7 Å². The van der Waals surface area contributed by atoms with E-state index in [0.717, 1.165) is 40.3 Å². The number of rotatable bonds is 8. The van der Waals surface area contributed by atoms with E-state index in [1.165, 1.54) is 0 Å². The minimum Gasteiger partial charge on any atom is -0.493 e. The number of aromatic nitrogens is 2. The average Bonchev–Trinajstić information content (AvgIpc) is 3.63. The number of aryl methyl sites for hydroxylation is 1. The van der Waals surface area contributed by atoms with Crippen molar-refractivity contribution in [1.29, 1.82) is 5.26 Å². The standard InChI is InChI=1S/C33H34N4O4/c1-21(2)20-41-26-12-13-28(22(3)15-26)31-24(18-37(35-31)25-9-6-5-7-10-25)16-29-23(4)30(17-34)33(39)36(32(29)38)19-27-11-8-14-40-27/h5-7,9-10,12-13,15-16,18,21,27H,8,11,14,19-20H2,1-4H3/b29-16+. The lowest BCUT2D eigenvalue weighted by molar-refractivity contribution is -0.142. The number of hydrogen-bond acceptors (Lipinski definition) is 6. The topological polar surface area (TPSA) is 97.5 Å². The van der Waals surface area contributed by atoms with Gasteiger partial charge in [0.05, 0.1) is 24.9 Å². The summed E-state index contributed by atoms with van der Waals surface area (Å²) in [5, 5.41) is 14.8. The lowest BCUT2D eigenvalue weighted by atomic mass is 9.92. The fourth-order valence-corrected chi connectivity index (χ4v) is 5.11. The first kappa shape index (κ1) is 28.1. The molecule has 0 bridgehead atoms. The Morgan fingerprint density at radius 3 is 2.59 bits per heavy atom. The lowest BCUT2D eigenvalue weighted by Crippen LogP contribution is -2.46. The number of amides is 2. The minimum atomic E-state index is -0.573. The second kappa shape index (κ2) is 11.9. The molecule has 1 unspecified atom stereocenters. The molecule has 210 valence electrons. The Kier molecular flexibility index (Phi) is 8.18. The molecule has 41 heavy (non-hydrogen) atoms. The molecular weight excluding hydrogens is 516 g/mol. The van der Waals surface area contributed by atoms with Gasteiger partial charge in [-0.2, -0.15) is 10.4 Å². The highest BCUT2D eigenvalue weighted by Crippen LogP contribution is 2.34. The van der Waals surface area contributed by atoms with Crippen LogP contribution in [0.2, 0.25) is 0 Å². The van der Waals surface area contributed by atoms with Crippen molar-refractivity contribution in [3.05, 3.63) is 82.6 Å². The van der Waals surface area contributed by atoms with Crippen LogP contribution in [0.5, 0.6) is 5.75 Å². The van der Waals surface area contributed by atoms with E-state index in [4.69, 9.17) is 14.6 Å². The Bertz CT molecular complexity index is 1570. The highest BCUT2D eigenvalue weighted by molar-refractivity contribution is 6.19. The second-order valence-electron chi connectivity index (χ2n) is 10.9. The van der Waals surface area contributed by atoms with E-state index in [9.17, 15) is 14.9 Å². The van der Waals surface area contributed by atoms with Crippen LogP contribution >= 0.6 is 0 Å². The molecule has 0 saturated carbocycles. The number of nitrogens with zero attached hydrogens (tertiary/aromatic N) is 4. The Morgan fingerprint density at radius 1 is 1.15 bits per heavy atom. The van der Waals surface area contributed by atoms with E-state index >= 15 is 0 Å². The van der Waals surface area contributed by atoms with Crippen LogP contribution < -0.4 is 4.74 Å². The predicted octanol–water partition coefficient (Wildman–Crippen LogP) is 5.65. The maximum Gasteiger partial charge on any atom is 0.271 e. The van der Waals surface area contributed by atoms with Gasteiger partial charge in [-0.3, -0.25) is 14.5 Å². The van der Waals surface area contributed by atoms with Crippen LogP contribution in [-0.2, 0) is 14.3 Å². The number of benzene rings is 2. The molecule has 2 aliphatic rings. The van der Waals surface area contributed by atoms with Crippen LogP contribution in [0.25, 0.3) is 23.0 Å². The SMILES string of the molecule is CC1=C(C#N)C(=O)N(CC2CCCO2)C(=O)/C1=C/c1cn(-c2ccccc2)nc1-c1ccc(OCC(C)C)cc1C. The summed E-state index contributed by atoms with van der Waals surface area (Å²) < 4.78 is 13.4. The summed E-state index contributed by atoms with van der Waals surface area (Å²) in [6.07, 6.45) is 5.04. The summed E-state index contributed by atoms with van der Waals surface area (Å²) in [5.74, 6) is 0.180. The summed E-state index contributed by atoms with van der Waals surface area (Å²) >= 11 is 0. The Hall–Kier alpha value is -4.48. The third-order valence-electron chi connectivity index (χ3n) is 7.34. The zero-order valence-corrected chi connectivity index (χ0v) is 23.9. The zero-order chi connectivity index (χ0) is 29.1. The van der Waals surface area contributed by atoms with Gasteiger partial charge in [-0.25, -0.2) is 4.68 Å². The molecule has 3 aromatic rings. The smallest absolute Gasteiger partial charge is 0.271 e. The molecule has 5 rings (SSSR count).